The Kier molecular flexibility index (Phi) is 7.34. The van der Waals surface area contributed by atoms with Gasteiger partial charge in [0.1, 0.15) is 0 Å². The molecule has 1 aromatic carbocycles. The summed E-state index contributed by atoms with van der Waals surface area (Å²) in [4.78, 5) is 0. The average Bonchev–Trinajstić information content (AvgIpc) is 2.40. The summed E-state index contributed by atoms with van der Waals surface area (Å²) in [7, 11) is 0. The summed E-state index contributed by atoms with van der Waals surface area (Å²) in [5, 5.41) is 22.7. The molecule has 2 unspecified atom stereocenters. The molecule has 0 saturated heterocycles. The van der Waals surface area contributed by atoms with Crippen LogP contribution in [0.15, 0.2) is 18.2 Å². The minimum atomic E-state index is -0.589. The van der Waals surface area contributed by atoms with Gasteiger partial charge in [-0.3, -0.25) is 0 Å². The van der Waals surface area contributed by atoms with Gasteiger partial charge in [0.2, 0.25) is 0 Å². The summed E-state index contributed by atoms with van der Waals surface area (Å²) < 4.78 is 5.14. The third kappa shape index (κ3) is 5.47. The molecule has 2 atom stereocenters. The van der Waals surface area contributed by atoms with E-state index in [1.165, 1.54) is 0 Å². The second kappa shape index (κ2) is 8.51. The van der Waals surface area contributed by atoms with Crippen LogP contribution in [0.4, 0.5) is 0 Å². The van der Waals surface area contributed by atoms with E-state index in [0.29, 0.717) is 24.8 Å². The molecule has 0 heterocycles. The van der Waals surface area contributed by atoms with Gasteiger partial charge in [-0.05, 0) is 31.0 Å². The number of hydrogen-bond acceptors (Lipinski definition) is 4. The van der Waals surface area contributed by atoms with Crippen molar-refractivity contribution in [2.75, 3.05) is 26.4 Å². The lowest BCUT2D eigenvalue weighted by atomic mass is 10.0. The lowest BCUT2D eigenvalue weighted by Gasteiger charge is -2.21. The predicted molar refractivity (Wildman–Crippen MR) is 76.5 cm³/mol. The van der Waals surface area contributed by atoms with Crippen molar-refractivity contribution < 1.29 is 14.9 Å². The number of ether oxygens (including phenoxy) is 1. The van der Waals surface area contributed by atoms with Crippen molar-refractivity contribution in [1.29, 1.82) is 0 Å². The highest BCUT2D eigenvalue weighted by Gasteiger charge is 2.16. The van der Waals surface area contributed by atoms with Crippen LogP contribution in [0.25, 0.3) is 0 Å². The molecule has 0 aromatic heterocycles. The average molecular weight is 288 g/mol. The molecule has 3 N–H and O–H groups in total. The first kappa shape index (κ1) is 16.4. The van der Waals surface area contributed by atoms with Crippen LogP contribution in [0.1, 0.15) is 24.2 Å². The highest BCUT2D eigenvalue weighted by Crippen LogP contribution is 2.22. The van der Waals surface area contributed by atoms with Gasteiger partial charge in [0.05, 0.1) is 25.9 Å². The summed E-state index contributed by atoms with van der Waals surface area (Å²) in [5.74, 6) is 0. The van der Waals surface area contributed by atoms with Crippen molar-refractivity contribution in [2.24, 2.45) is 0 Å². The molecule has 0 saturated carbocycles. The predicted octanol–water partition coefficient (Wildman–Crippen LogP) is 1.67. The van der Waals surface area contributed by atoms with E-state index in [-0.39, 0.29) is 12.6 Å². The fourth-order valence-corrected chi connectivity index (χ4v) is 1.90. The number of aliphatic hydroxyl groups excluding tert-OH is 2. The highest BCUT2D eigenvalue weighted by atomic mass is 35.5. The Morgan fingerprint density at radius 2 is 2.11 bits per heavy atom. The number of hydrogen-bond donors (Lipinski definition) is 3. The van der Waals surface area contributed by atoms with Crippen LogP contribution >= 0.6 is 11.6 Å². The fourth-order valence-electron chi connectivity index (χ4n) is 1.78. The van der Waals surface area contributed by atoms with Crippen molar-refractivity contribution in [3.63, 3.8) is 0 Å². The zero-order chi connectivity index (χ0) is 14.3. The molecule has 1 aromatic rings. The van der Waals surface area contributed by atoms with E-state index in [4.69, 9.17) is 21.4 Å². The maximum Gasteiger partial charge on any atom is 0.0940 e. The highest BCUT2D eigenvalue weighted by molar-refractivity contribution is 6.31. The molecule has 0 aliphatic rings. The van der Waals surface area contributed by atoms with Crippen molar-refractivity contribution in [3.8, 4) is 0 Å². The third-order valence-electron chi connectivity index (χ3n) is 2.95. The molecular formula is C14H22ClNO3. The summed E-state index contributed by atoms with van der Waals surface area (Å²) in [6, 6.07) is 5.44. The molecule has 4 nitrogen and oxygen atoms in total. The van der Waals surface area contributed by atoms with E-state index in [9.17, 15) is 5.11 Å². The number of rotatable bonds is 8. The Hall–Kier alpha value is -0.650. The van der Waals surface area contributed by atoms with E-state index in [0.717, 1.165) is 11.1 Å². The summed E-state index contributed by atoms with van der Waals surface area (Å²) in [6.45, 7) is 5.35. The topological polar surface area (TPSA) is 61.7 Å². The van der Waals surface area contributed by atoms with Crippen molar-refractivity contribution in [2.45, 2.75) is 26.0 Å². The first-order chi connectivity index (χ1) is 9.06. The fraction of sp³-hybridized carbons (Fsp3) is 0.571. The van der Waals surface area contributed by atoms with Gasteiger partial charge < -0.3 is 20.3 Å². The van der Waals surface area contributed by atoms with E-state index in [1.807, 2.05) is 26.0 Å². The number of halogens is 1. The van der Waals surface area contributed by atoms with Gasteiger partial charge in [0.25, 0.3) is 0 Å². The monoisotopic (exact) mass is 287 g/mol. The number of aliphatic hydroxyl groups is 2. The van der Waals surface area contributed by atoms with Crippen molar-refractivity contribution >= 4 is 11.6 Å². The molecule has 19 heavy (non-hydrogen) atoms. The van der Waals surface area contributed by atoms with E-state index >= 15 is 0 Å². The number of aryl methyl sites for hydroxylation is 1. The van der Waals surface area contributed by atoms with E-state index in [2.05, 4.69) is 5.32 Å². The van der Waals surface area contributed by atoms with E-state index < -0.39 is 6.10 Å². The quantitative estimate of drug-likeness (QED) is 0.637. The molecular weight excluding hydrogens is 266 g/mol. The smallest absolute Gasteiger partial charge is 0.0940 e. The molecule has 0 radical (unpaired) electrons. The maximum absolute atomic E-state index is 10.2. The van der Waals surface area contributed by atoms with Gasteiger partial charge in [0.15, 0.2) is 0 Å². The van der Waals surface area contributed by atoms with Crippen LogP contribution in [0.2, 0.25) is 5.02 Å². The number of benzene rings is 1. The molecule has 0 spiro atoms. The van der Waals surface area contributed by atoms with Gasteiger partial charge in [0, 0.05) is 17.6 Å². The van der Waals surface area contributed by atoms with Gasteiger partial charge in [-0.2, -0.15) is 0 Å². The first-order valence-electron chi connectivity index (χ1n) is 6.42. The zero-order valence-electron chi connectivity index (χ0n) is 11.4. The second-order valence-electron chi connectivity index (χ2n) is 4.53. The van der Waals surface area contributed by atoms with Gasteiger partial charge in [-0.15, -0.1) is 0 Å². The van der Waals surface area contributed by atoms with Gasteiger partial charge in [-0.25, -0.2) is 0 Å². The van der Waals surface area contributed by atoms with Crippen molar-refractivity contribution in [1.82, 2.24) is 5.32 Å². The minimum absolute atomic E-state index is 0.0300. The van der Waals surface area contributed by atoms with Crippen LogP contribution in [-0.2, 0) is 4.74 Å². The molecule has 1 rings (SSSR count). The lowest BCUT2D eigenvalue weighted by Crippen LogP contribution is -2.34. The first-order valence-corrected chi connectivity index (χ1v) is 6.80. The van der Waals surface area contributed by atoms with Crippen LogP contribution in [0.5, 0.6) is 0 Å². The molecule has 0 aliphatic carbocycles. The molecule has 108 valence electrons. The Morgan fingerprint density at radius 1 is 1.37 bits per heavy atom. The number of nitrogens with one attached hydrogen (secondary N) is 1. The SMILES string of the molecule is Cc1cc(C(O)C(C)NCCOCCO)ccc1Cl. The summed E-state index contributed by atoms with van der Waals surface area (Å²) >= 11 is 5.96. The van der Waals surface area contributed by atoms with Crippen LogP contribution < -0.4 is 5.32 Å². The van der Waals surface area contributed by atoms with Crippen LogP contribution in [0, 0.1) is 6.92 Å². The molecule has 0 fully saturated rings. The standard InChI is InChI=1S/C14H22ClNO3/c1-10-9-12(3-4-13(10)15)14(18)11(2)16-5-7-19-8-6-17/h3-4,9,11,14,16-18H,5-8H2,1-2H3. The van der Waals surface area contributed by atoms with Crippen LogP contribution in [0.3, 0.4) is 0 Å². The summed E-state index contributed by atoms with van der Waals surface area (Å²) in [5.41, 5.74) is 1.80. The van der Waals surface area contributed by atoms with Crippen molar-refractivity contribution in [3.05, 3.63) is 34.3 Å². The van der Waals surface area contributed by atoms with E-state index in [1.54, 1.807) is 6.07 Å². The molecule has 0 amide bonds. The van der Waals surface area contributed by atoms with Crippen LogP contribution in [-0.4, -0.2) is 42.6 Å². The Morgan fingerprint density at radius 3 is 2.74 bits per heavy atom. The van der Waals surface area contributed by atoms with Gasteiger partial charge >= 0.3 is 0 Å². The molecule has 5 heteroatoms. The Bertz CT molecular complexity index is 387. The summed E-state index contributed by atoms with van der Waals surface area (Å²) in [6.07, 6.45) is -0.589. The Balaban J connectivity index is 2.42. The Labute approximate surface area is 119 Å². The second-order valence-corrected chi connectivity index (χ2v) is 4.94. The zero-order valence-corrected chi connectivity index (χ0v) is 12.2. The third-order valence-corrected chi connectivity index (χ3v) is 3.37. The molecule has 0 aliphatic heterocycles. The molecule has 0 bridgehead atoms. The normalized spacial score (nSPS) is 14.4. The maximum atomic E-state index is 10.2. The minimum Gasteiger partial charge on any atom is -0.394 e. The van der Waals surface area contributed by atoms with Gasteiger partial charge in [-0.1, -0.05) is 23.7 Å². The largest absolute Gasteiger partial charge is 0.394 e. The lowest BCUT2D eigenvalue weighted by molar-refractivity contribution is 0.0849.